The van der Waals surface area contributed by atoms with Crippen molar-refractivity contribution in [1.82, 2.24) is 0 Å². The molecule has 2 rings (SSSR count). The molecular formula is C15H16O3. The Kier molecular flexibility index (Phi) is 3.42. The number of phenolic OH excluding ortho intramolecular Hbond substituents is 2. The van der Waals surface area contributed by atoms with Gasteiger partial charge in [-0.15, -0.1) is 0 Å². The Bertz CT molecular complexity index is 532. The SMILES string of the molecule is COc1cc(C(C)c2ccc(O)cc2)ccc1O. The van der Waals surface area contributed by atoms with Crippen LogP contribution in [0, 0.1) is 0 Å². The maximum atomic E-state index is 9.57. The summed E-state index contributed by atoms with van der Waals surface area (Å²) >= 11 is 0. The molecule has 0 bridgehead atoms. The van der Waals surface area contributed by atoms with Gasteiger partial charge in [-0.3, -0.25) is 0 Å². The second kappa shape index (κ2) is 5.00. The molecule has 2 N–H and O–H groups in total. The Morgan fingerprint density at radius 2 is 1.56 bits per heavy atom. The summed E-state index contributed by atoms with van der Waals surface area (Å²) in [6, 6.07) is 12.4. The van der Waals surface area contributed by atoms with Crippen molar-refractivity contribution in [3.05, 3.63) is 53.6 Å². The first-order valence-corrected chi connectivity index (χ1v) is 5.77. The van der Waals surface area contributed by atoms with Crippen molar-refractivity contribution in [3.8, 4) is 17.2 Å². The number of aromatic hydroxyl groups is 2. The first-order valence-electron chi connectivity index (χ1n) is 5.77. The molecule has 0 aromatic heterocycles. The summed E-state index contributed by atoms with van der Waals surface area (Å²) in [5, 5.41) is 18.8. The van der Waals surface area contributed by atoms with Crippen molar-refractivity contribution in [2.75, 3.05) is 7.11 Å². The molecule has 0 radical (unpaired) electrons. The zero-order chi connectivity index (χ0) is 13.1. The summed E-state index contributed by atoms with van der Waals surface area (Å²) < 4.78 is 5.10. The van der Waals surface area contributed by atoms with E-state index in [2.05, 4.69) is 6.92 Å². The molecule has 3 nitrogen and oxygen atoms in total. The average Bonchev–Trinajstić information content (AvgIpc) is 2.39. The minimum absolute atomic E-state index is 0.138. The van der Waals surface area contributed by atoms with E-state index >= 15 is 0 Å². The van der Waals surface area contributed by atoms with Gasteiger partial charge < -0.3 is 14.9 Å². The number of hydrogen-bond donors (Lipinski definition) is 2. The van der Waals surface area contributed by atoms with Crippen molar-refractivity contribution in [3.63, 3.8) is 0 Å². The Labute approximate surface area is 106 Å². The Morgan fingerprint density at radius 3 is 2.17 bits per heavy atom. The molecule has 1 atom stereocenters. The van der Waals surface area contributed by atoms with Gasteiger partial charge in [-0.2, -0.15) is 0 Å². The van der Waals surface area contributed by atoms with E-state index in [-0.39, 0.29) is 17.4 Å². The molecule has 2 aromatic carbocycles. The van der Waals surface area contributed by atoms with Crippen LogP contribution in [-0.2, 0) is 0 Å². The zero-order valence-corrected chi connectivity index (χ0v) is 10.4. The molecule has 0 amide bonds. The molecule has 0 saturated heterocycles. The van der Waals surface area contributed by atoms with E-state index in [0.717, 1.165) is 11.1 Å². The summed E-state index contributed by atoms with van der Waals surface area (Å²) in [6.07, 6.45) is 0. The number of rotatable bonds is 3. The maximum absolute atomic E-state index is 9.57. The fourth-order valence-electron chi connectivity index (χ4n) is 1.92. The minimum atomic E-state index is 0.138. The molecule has 2 aromatic rings. The van der Waals surface area contributed by atoms with Crippen LogP contribution in [0.4, 0.5) is 0 Å². The van der Waals surface area contributed by atoms with Crippen LogP contribution >= 0.6 is 0 Å². The van der Waals surface area contributed by atoms with Crippen molar-refractivity contribution in [2.24, 2.45) is 0 Å². The Balaban J connectivity index is 2.33. The number of ether oxygens (including phenoxy) is 1. The molecule has 0 aliphatic rings. The van der Waals surface area contributed by atoms with Gasteiger partial charge in [0.1, 0.15) is 5.75 Å². The smallest absolute Gasteiger partial charge is 0.160 e. The summed E-state index contributed by atoms with van der Waals surface area (Å²) in [6.45, 7) is 2.07. The third-order valence-corrected chi connectivity index (χ3v) is 3.10. The van der Waals surface area contributed by atoms with Gasteiger partial charge >= 0.3 is 0 Å². The van der Waals surface area contributed by atoms with Crippen molar-refractivity contribution < 1.29 is 14.9 Å². The topological polar surface area (TPSA) is 49.7 Å². The molecule has 18 heavy (non-hydrogen) atoms. The van der Waals surface area contributed by atoms with Gasteiger partial charge in [-0.25, -0.2) is 0 Å². The van der Waals surface area contributed by atoms with Gasteiger partial charge in [-0.05, 0) is 35.4 Å². The van der Waals surface area contributed by atoms with Crippen LogP contribution in [0.2, 0.25) is 0 Å². The number of benzene rings is 2. The summed E-state index contributed by atoms with van der Waals surface area (Å²) in [4.78, 5) is 0. The predicted molar refractivity (Wildman–Crippen MR) is 70.3 cm³/mol. The second-order valence-corrected chi connectivity index (χ2v) is 4.24. The van der Waals surface area contributed by atoms with Crippen molar-refractivity contribution >= 4 is 0 Å². The summed E-state index contributed by atoms with van der Waals surface area (Å²) in [7, 11) is 1.53. The predicted octanol–water partition coefficient (Wildman–Crippen LogP) is 3.26. The molecule has 3 heteroatoms. The lowest BCUT2D eigenvalue weighted by atomic mass is 9.93. The Hall–Kier alpha value is -2.16. The van der Waals surface area contributed by atoms with Crippen LogP contribution in [-0.4, -0.2) is 17.3 Å². The van der Waals surface area contributed by atoms with E-state index in [1.54, 1.807) is 18.2 Å². The quantitative estimate of drug-likeness (QED) is 0.871. The molecule has 0 aliphatic heterocycles. The van der Waals surface area contributed by atoms with Gasteiger partial charge in [0.25, 0.3) is 0 Å². The monoisotopic (exact) mass is 244 g/mol. The van der Waals surface area contributed by atoms with Gasteiger partial charge in [0.2, 0.25) is 0 Å². The number of phenols is 2. The van der Waals surface area contributed by atoms with Gasteiger partial charge in [-0.1, -0.05) is 25.1 Å². The third kappa shape index (κ3) is 2.40. The minimum Gasteiger partial charge on any atom is -0.508 e. The van der Waals surface area contributed by atoms with Gasteiger partial charge in [0, 0.05) is 5.92 Å². The third-order valence-electron chi connectivity index (χ3n) is 3.10. The highest BCUT2D eigenvalue weighted by Gasteiger charge is 2.11. The van der Waals surface area contributed by atoms with E-state index in [1.807, 2.05) is 24.3 Å². The van der Waals surface area contributed by atoms with E-state index < -0.39 is 0 Å². The van der Waals surface area contributed by atoms with Gasteiger partial charge in [0.05, 0.1) is 7.11 Å². The first kappa shape index (κ1) is 12.3. The number of methoxy groups -OCH3 is 1. The highest BCUT2D eigenvalue weighted by Crippen LogP contribution is 2.32. The molecule has 0 spiro atoms. The van der Waals surface area contributed by atoms with E-state index in [1.165, 1.54) is 7.11 Å². The zero-order valence-electron chi connectivity index (χ0n) is 10.4. The normalized spacial score (nSPS) is 12.1. The van der Waals surface area contributed by atoms with E-state index in [9.17, 15) is 10.2 Å². The lowest BCUT2D eigenvalue weighted by Gasteiger charge is -2.14. The lowest BCUT2D eigenvalue weighted by molar-refractivity contribution is 0.373. The van der Waals surface area contributed by atoms with Crippen LogP contribution in [0.25, 0.3) is 0 Å². The second-order valence-electron chi connectivity index (χ2n) is 4.24. The molecule has 0 fully saturated rings. The Morgan fingerprint density at radius 1 is 0.944 bits per heavy atom. The molecule has 0 aliphatic carbocycles. The highest BCUT2D eigenvalue weighted by molar-refractivity contribution is 5.45. The molecule has 0 saturated carbocycles. The standard InChI is InChI=1S/C15H16O3/c1-10(11-3-6-13(16)7-4-11)12-5-8-14(17)15(9-12)18-2/h3-10,16-17H,1-2H3. The summed E-state index contributed by atoms with van der Waals surface area (Å²) in [5.41, 5.74) is 2.15. The highest BCUT2D eigenvalue weighted by atomic mass is 16.5. The van der Waals surface area contributed by atoms with Crippen molar-refractivity contribution in [1.29, 1.82) is 0 Å². The van der Waals surface area contributed by atoms with E-state index in [0.29, 0.717) is 5.75 Å². The molecular weight excluding hydrogens is 228 g/mol. The van der Waals surface area contributed by atoms with E-state index in [4.69, 9.17) is 4.74 Å². The van der Waals surface area contributed by atoms with Crippen LogP contribution in [0.1, 0.15) is 24.0 Å². The molecule has 0 heterocycles. The molecule has 94 valence electrons. The van der Waals surface area contributed by atoms with Crippen LogP contribution < -0.4 is 4.74 Å². The largest absolute Gasteiger partial charge is 0.508 e. The fourth-order valence-corrected chi connectivity index (χ4v) is 1.92. The van der Waals surface area contributed by atoms with Gasteiger partial charge in [0.15, 0.2) is 11.5 Å². The van der Waals surface area contributed by atoms with Crippen LogP contribution in [0.15, 0.2) is 42.5 Å². The maximum Gasteiger partial charge on any atom is 0.160 e. The molecule has 1 unspecified atom stereocenters. The average molecular weight is 244 g/mol. The first-order chi connectivity index (χ1) is 8.61. The van der Waals surface area contributed by atoms with Crippen LogP contribution in [0.3, 0.4) is 0 Å². The van der Waals surface area contributed by atoms with Crippen molar-refractivity contribution in [2.45, 2.75) is 12.8 Å². The fraction of sp³-hybridized carbons (Fsp3) is 0.200. The lowest BCUT2D eigenvalue weighted by Crippen LogP contribution is -1.96. The summed E-state index contributed by atoms with van der Waals surface area (Å²) in [5.74, 6) is 1.03. The number of hydrogen-bond acceptors (Lipinski definition) is 3. The van der Waals surface area contributed by atoms with Crippen LogP contribution in [0.5, 0.6) is 17.2 Å².